The quantitative estimate of drug-likeness (QED) is 0.160. The average Bonchev–Trinajstić information content (AvgIpc) is 4.15. The summed E-state index contributed by atoms with van der Waals surface area (Å²) in [7, 11) is 0. The molecule has 4 aliphatic rings. The second-order valence-electron chi connectivity index (χ2n) is 31.5. The lowest BCUT2D eigenvalue weighted by Crippen LogP contribution is -2.46. The van der Waals surface area contributed by atoms with Gasteiger partial charge in [0.15, 0.2) is 0 Å². The maximum atomic E-state index is 13.4. The van der Waals surface area contributed by atoms with Gasteiger partial charge in [-0.2, -0.15) is 0 Å². The van der Waals surface area contributed by atoms with E-state index in [0.717, 1.165) is 70.1 Å². The van der Waals surface area contributed by atoms with Crippen molar-refractivity contribution in [1.82, 2.24) is 60.5 Å². The van der Waals surface area contributed by atoms with Crippen molar-refractivity contribution < 1.29 is 14.4 Å². The van der Waals surface area contributed by atoms with Crippen LogP contribution in [0, 0.1) is 29.1 Å². The Morgan fingerprint density at radius 1 is 0.610 bits per heavy atom. The first-order valence-corrected chi connectivity index (χ1v) is 30.2. The summed E-state index contributed by atoms with van der Waals surface area (Å²) in [6, 6.07) is 16.3. The summed E-state index contributed by atoms with van der Waals surface area (Å²) >= 11 is 0. The molecule has 82 heavy (non-hydrogen) atoms. The molecule has 1 saturated heterocycles. The summed E-state index contributed by atoms with van der Waals surface area (Å²) < 4.78 is 6.07. The number of imide groups is 1. The first-order valence-electron chi connectivity index (χ1n) is 30.2. The monoisotopic (exact) mass is 1130 g/mol. The van der Waals surface area contributed by atoms with Gasteiger partial charge in [0.05, 0.1) is 57.5 Å². The molecule has 3 aromatic heterocycles. The van der Waals surface area contributed by atoms with Crippen LogP contribution in [0.5, 0.6) is 0 Å². The maximum Gasteiger partial charge on any atom is 0.233 e. The fraction of sp³-hybridized carbons (Fsp3) is 0.682. The summed E-state index contributed by atoms with van der Waals surface area (Å²) in [4.78, 5) is 40.7. The first kappa shape index (κ1) is 65.5. The van der Waals surface area contributed by atoms with Crippen molar-refractivity contribution in [1.29, 1.82) is 0 Å². The van der Waals surface area contributed by atoms with Crippen molar-refractivity contribution in [2.45, 2.75) is 250 Å². The number of benzene rings is 2. The summed E-state index contributed by atoms with van der Waals surface area (Å²) in [6.45, 7) is 53.0. The van der Waals surface area contributed by atoms with Crippen molar-refractivity contribution in [2.24, 2.45) is 29.1 Å². The number of fused-ring (bicyclic) bond motifs is 7. The fourth-order valence-electron chi connectivity index (χ4n) is 11.1. The van der Waals surface area contributed by atoms with Gasteiger partial charge in [0.2, 0.25) is 17.7 Å². The summed E-state index contributed by atoms with van der Waals surface area (Å²) in [6.07, 6.45) is 7.66. The molecule has 0 bridgehead atoms. The molecule has 2 fully saturated rings. The molecular weight excluding hydrogens is 1020 g/mol. The third-order valence-corrected chi connectivity index (χ3v) is 15.7. The Hall–Kier alpha value is -5.61. The van der Waals surface area contributed by atoms with Gasteiger partial charge in [-0.3, -0.25) is 19.3 Å². The number of hydrogen-bond acceptors (Lipinski definition) is 11. The van der Waals surface area contributed by atoms with Crippen molar-refractivity contribution in [3.05, 3.63) is 77.4 Å². The molecule has 16 nitrogen and oxygen atoms in total. The molecule has 1 unspecified atom stereocenters. The lowest BCUT2D eigenvalue weighted by Gasteiger charge is -2.32. The number of para-hydroxylation sites is 1. The third kappa shape index (κ3) is 16.4. The van der Waals surface area contributed by atoms with Gasteiger partial charge in [0.25, 0.3) is 0 Å². The molecular formula is C66H105N13O3. The molecule has 0 radical (unpaired) electrons. The molecule has 5 heterocycles. The van der Waals surface area contributed by atoms with Gasteiger partial charge in [-0.25, -0.2) is 14.0 Å². The number of carbonyl (C=O) groups excluding carboxylic acids is 3. The smallest absolute Gasteiger partial charge is 0.233 e. The van der Waals surface area contributed by atoms with Gasteiger partial charge in [-0.15, -0.1) is 15.3 Å². The zero-order valence-corrected chi connectivity index (χ0v) is 55.0. The Kier molecular flexibility index (Phi) is 19.3. The molecule has 2 aliphatic heterocycles. The Balaban J connectivity index is 0.000000188. The van der Waals surface area contributed by atoms with Crippen LogP contribution in [0.15, 0.2) is 54.7 Å². The van der Waals surface area contributed by atoms with E-state index < -0.39 is 5.54 Å². The highest BCUT2D eigenvalue weighted by Crippen LogP contribution is 2.53. The van der Waals surface area contributed by atoms with E-state index in [1.807, 2.05) is 98.4 Å². The van der Waals surface area contributed by atoms with E-state index in [9.17, 15) is 14.4 Å². The minimum absolute atomic E-state index is 0.0139. The molecule has 16 heteroatoms. The van der Waals surface area contributed by atoms with Gasteiger partial charge in [0.1, 0.15) is 5.69 Å². The van der Waals surface area contributed by atoms with Gasteiger partial charge in [-0.05, 0) is 192 Å². The Bertz CT molecular complexity index is 2970. The molecule has 3 amide bonds. The van der Waals surface area contributed by atoms with Crippen molar-refractivity contribution in [2.75, 3.05) is 18.0 Å². The van der Waals surface area contributed by atoms with E-state index in [1.54, 1.807) is 0 Å². The third-order valence-electron chi connectivity index (χ3n) is 15.7. The predicted molar refractivity (Wildman–Crippen MR) is 332 cm³/mol. The van der Waals surface area contributed by atoms with Crippen LogP contribution >= 0.6 is 0 Å². The fourth-order valence-corrected chi connectivity index (χ4v) is 11.1. The highest BCUT2D eigenvalue weighted by Gasteiger charge is 2.50. The lowest BCUT2D eigenvalue weighted by molar-refractivity contribution is -0.145. The van der Waals surface area contributed by atoms with E-state index >= 15 is 0 Å². The van der Waals surface area contributed by atoms with Crippen LogP contribution in [-0.4, -0.2) is 97.3 Å². The minimum Gasteiger partial charge on any atom is -0.312 e. The molecule has 0 spiro atoms. The van der Waals surface area contributed by atoms with Crippen LogP contribution in [0.2, 0.25) is 0 Å². The SMILES string of the molecule is CC(C)(C)C1CC(=O)N(C(C)(C)C)C1=O.CC(C)(C)NCCC(=O)N1Cc2ccccc2-c2c(nnn2C(C)(C)C)-c2ccccc21.CC(C)(C)NC[C@H]1[C@@H]2CCc3c(nnn3C(C)(C)C)CC[C@@H]21.CC(C)(C)c1cn(C(C)(C)C)nn1. The topological polar surface area (TPSA) is 174 Å². The van der Waals surface area contributed by atoms with E-state index in [2.05, 4.69) is 183 Å². The van der Waals surface area contributed by atoms with Crippen LogP contribution in [0.1, 0.15) is 214 Å². The molecule has 9 rings (SSSR count). The number of nitrogens with one attached hydrogen (secondary N) is 2. The van der Waals surface area contributed by atoms with E-state index in [4.69, 9.17) is 0 Å². The van der Waals surface area contributed by atoms with Crippen LogP contribution in [0.3, 0.4) is 0 Å². The van der Waals surface area contributed by atoms with Gasteiger partial charge < -0.3 is 15.5 Å². The maximum absolute atomic E-state index is 13.4. The summed E-state index contributed by atoms with van der Waals surface area (Å²) in [5, 5.41) is 33.5. The molecule has 452 valence electrons. The molecule has 5 aromatic rings. The van der Waals surface area contributed by atoms with Crippen LogP contribution in [0.25, 0.3) is 22.5 Å². The van der Waals surface area contributed by atoms with Gasteiger partial charge in [-0.1, -0.05) is 99.6 Å². The van der Waals surface area contributed by atoms with Crippen molar-refractivity contribution in [3.63, 3.8) is 0 Å². The first-order chi connectivity index (χ1) is 37.5. The van der Waals surface area contributed by atoms with E-state index in [0.29, 0.717) is 25.9 Å². The van der Waals surface area contributed by atoms with Gasteiger partial charge >= 0.3 is 0 Å². The van der Waals surface area contributed by atoms with Crippen molar-refractivity contribution >= 4 is 23.4 Å². The Labute approximate surface area is 493 Å². The minimum atomic E-state index is -0.395. The number of likely N-dealkylation sites (tertiary alicyclic amines) is 1. The predicted octanol–water partition coefficient (Wildman–Crippen LogP) is 12.7. The number of hydrogen-bond donors (Lipinski definition) is 2. The molecule has 2 aliphatic carbocycles. The number of anilines is 1. The van der Waals surface area contributed by atoms with Crippen LogP contribution < -0.4 is 15.5 Å². The van der Waals surface area contributed by atoms with Crippen molar-refractivity contribution in [3.8, 4) is 22.5 Å². The molecule has 1 saturated carbocycles. The molecule has 4 atom stereocenters. The second kappa shape index (κ2) is 24.2. The lowest BCUT2D eigenvalue weighted by atomic mass is 9.80. The highest BCUT2D eigenvalue weighted by molar-refractivity contribution is 6.04. The van der Waals surface area contributed by atoms with E-state index in [1.165, 1.54) is 35.7 Å². The summed E-state index contributed by atoms with van der Waals surface area (Å²) in [5.41, 5.74) is 9.08. The average molecular weight is 1130 g/mol. The van der Waals surface area contributed by atoms with E-state index in [-0.39, 0.29) is 62.2 Å². The number of amides is 3. The highest BCUT2D eigenvalue weighted by atomic mass is 16.2. The van der Waals surface area contributed by atoms with Crippen LogP contribution in [-0.2, 0) is 55.8 Å². The zero-order valence-electron chi connectivity index (χ0n) is 55.0. The van der Waals surface area contributed by atoms with Gasteiger partial charge in [0, 0.05) is 58.7 Å². The normalized spacial score (nSPS) is 19.5. The Morgan fingerprint density at radius 2 is 1.17 bits per heavy atom. The standard InChI is InChI=1S/C26H33N5O.C18H32N4.C12H21NO2.C10H19N3/c1-25(2,3)27-16-15-22(32)30-17-18-11-7-8-12-19(18)24-23(20-13-9-10-14-21(20)30)28-29-31(24)26(4,5)6;1-17(2,3)19-11-14-12-7-9-15-16(10-8-13(12)14)22(21-20-15)18(4,5)6;1-11(2,3)8-7-9(14)13(10(8)15)12(4,5)6;1-9(2,3)8-7-13(12-11-8)10(4,5)6/h7-14,27H,15-17H2,1-6H3;12-14,19H,7-11H2,1-6H3;8H,7H2,1-6H3;7H,1-6H3/t;12-,13+,14+;;/m.0../s1. The number of aryl methyl sites for hydroxylation is 1. The number of carbonyl (C=O) groups is 3. The molecule has 2 aromatic carbocycles. The number of nitrogens with zero attached hydrogens (tertiary/aromatic N) is 11. The second-order valence-corrected chi connectivity index (χ2v) is 31.5. The summed E-state index contributed by atoms with van der Waals surface area (Å²) in [5.74, 6) is 2.57. The molecule has 2 N–H and O–H groups in total. The van der Waals surface area contributed by atoms with Crippen LogP contribution in [0.4, 0.5) is 5.69 Å². The Morgan fingerprint density at radius 3 is 1.67 bits per heavy atom. The number of aromatic nitrogens is 9. The number of rotatable bonds is 5. The zero-order chi connectivity index (χ0) is 61.5. The largest absolute Gasteiger partial charge is 0.312 e.